The fraction of sp³-hybridized carbons (Fsp3) is 0.619. The first-order valence-electron chi connectivity index (χ1n) is 9.55. The first kappa shape index (κ1) is 18.0. The van der Waals surface area contributed by atoms with Gasteiger partial charge in [0.25, 0.3) is 0 Å². The molecular weight excluding hydrogens is 314 g/mol. The molecule has 4 nitrogen and oxygen atoms in total. The van der Waals surface area contributed by atoms with E-state index in [-0.39, 0.29) is 29.7 Å². The molecule has 0 aromatic heterocycles. The number of amides is 1. The third-order valence-electron chi connectivity index (χ3n) is 6.48. The van der Waals surface area contributed by atoms with Crippen molar-refractivity contribution in [2.24, 2.45) is 23.7 Å². The predicted octanol–water partition coefficient (Wildman–Crippen LogP) is 4.12. The van der Waals surface area contributed by atoms with E-state index in [0.29, 0.717) is 5.92 Å². The number of carbonyl (C=O) groups is 2. The summed E-state index contributed by atoms with van der Waals surface area (Å²) >= 11 is 0. The number of aliphatic carboxylic acids is 1. The maximum atomic E-state index is 12.8. The first-order valence-corrected chi connectivity index (χ1v) is 9.55. The van der Waals surface area contributed by atoms with Gasteiger partial charge in [0.15, 0.2) is 0 Å². The van der Waals surface area contributed by atoms with E-state index < -0.39 is 11.9 Å². The standard InChI is InChI=1S/C21H29NO3/c1-4-12(2)14-5-7-15(8-6-14)13(3)22-20(23)18-16-9-10-17(11-16)19(18)21(24)25/h5-8,12-13,16-19H,4,9-11H2,1-3H3,(H,22,23)(H,24,25)/t12-,13-,16-,17-,18-,19-/m0/s1. The lowest BCUT2D eigenvalue weighted by Crippen LogP contribution is -2.42. The number of rotatable bonds is 6. The van der Waals surface area contributed by atoms with Gasteiger partial charge in [-0.25, -0.2) is 0 Å². The summed E-state index contributed by atoms with van der Waals surface area (Å²) in [6.07, 6.45) is 3.95. The van der Waals surface area contributed by atoms with Crippen molar-refractivity contribution in [2.75, 3.05) is 0 Å². The number of hydrogen-bond donors (Lipinski definition) is 2. The van der Waals surface area contributed by atoms with Crippen LogP contribution < -0.4 is 5.32 Å². The summed E-state index contributed by atoms with van der Waals surface area (Å²) in [6, 6.07) is 8.30. The molecule has 0 aliphatic heterocycles. The first-order chi connectivity index (χ1) is 11.9. The largest absolute Gasteiger partial charge is 0.481 e. The summed E-state index contributed by atoms with van der Waals surface area (Å²) in [5.41, 5.74) is 2.37. The lowest BCUT2D eigenvalue weighted by atomic mass is 9.78. The van der Waals surface area contributed by atoms with Crippen molar-refractivity contribution in [3.63, 3.8) is 0 Å². The predicted molar refractivity (Wildman–Crippen MR) is 97.2 cm³/mol. The Balaban J connectivity index is 1.67. The molecule has 2 fully saturated rings. The van der Waals surface area contributed by atoms with Crippen LogP contribution in [0.3, 0.4) is 0 Å². The maximum absolute atomic E-state index is 12.8. The monoisotopic (exact) mass is 343 g/mol. The van der Waals surface area contributed by atoms with Crippen LogP contribution in [0, 0.1) is 23.7 Å². The minimum atomic E-state index is -0.807. The van der Waals surface area contributed by atoms with Crippen LogP contribution in [0.5, 0.6) is 0 Å². The topological polar surface area (TPSA) is 66.4 Å². The quantitative estimate of drug-likeness (QED) is 0.816. The van der Waals surface area contributed by atoms with Gasteiger partial charge in [0.2, 0.25) is 5.91 Å². The Bertz CT molecular complexity index is 639. The van der Waals surface area contributed by atoms with Crippen LogP contribution in [0.25, 0.3) is 0 Å². The average molecular weight is 343 g/mol. The smallest absolute Gasteiger partial charge is 0.307 e. The third-order valence-corrected chi connectivity index (χ3v) is 6.48. The molecule has 25 heavy (non-hydrogen) atoms. The zero-order chi connectivity index (χ0) is 18.1. The van der Waals surface area contributed by atoms with E-state index >= 15 is 0 Å². The normalized spacial score (nSPS) is 30.0. The molecule has 2 bridgehead atoms. The zero-order valence-electron chi connectivity index (χ0n) is 15.4. The number of nitrogens with one attached hydrogen (secondary N) is 1. The molecule has 2 N–H and O–H groups in total. The molecular formula is C21H29NO3. The van der Waals surface area contributed by atoms with Gasteiger partial charge in [-0.2, -0.15) is 0 Å². The highest BCUT2D eigenvalue weighted by Crippen LogP contribution is 2.52. The van der Waals surface area contributed by atoms with E-state index in [4.69, 9.17) is 0 Å². The molecule has 3 rings (SSSR count). The molecule has 2 aliphatic carbocycles. The lowest BCUT2D eigenvalue weighted by molar-refractivity contribution is -0.149. The van der Waals surface area contributed by atoms with Crippen LogP contribution in [0.4, 0.5) is 0 Å². The Kier molecular flexibility index (Phi) is 5.16. The Labute approximate surface area is 150 Å². The van der Waals surface area contributed by atoms with Crippen molar-refractivity contribution >= 4 is 11.9 Å². The SMILES string of the molecule is CC[C@H](C)c1ccc([C@H](C)NC(=O)[C@H]2[C@H]3CC[C@@H](C3)[C@@H]2C(=O)O)cc1. The van der Waals surface area contributed by atoms with Crippen LogP contribution in [0.1, 0.15) is 69.5 Å². The second-order valence-corrected chi connectivity index (χ2v) is 7.93. The van der Waals surface area contributed by atoms with E-state index in [0.717, 1.165) is 31.2 Å². The highest BCUT2D eigenvalue weighted by Gasteiger charge is 2.54. The van der Waals surface area contributed by atoms with Crippen LogP contribution in [0.15, 0.2) is 24.3 Å². The molecule has 0 spiro atoms. The summed E-state index contributed by atoms with van der Waals surface area (Å²) < 4.78 is 0. The Morgan fingerprint density at radius 1 is 1.08 bits per heavy atom. The Morgan fingerprint density at radius 2 is 1.64 bits per heavy atom. The van der Waals surface area contributed by atoms with Crippen LogP contribution in [-0.4, -0.2) is 17.0 Å². The van der Waals surface area contributed by atoms with Crippen molar-refractivity contribution in [2.45, 2.75) is 58.4 Å². The van der Waals surface area contributed by atoms with Crippen molar-refractivity contribution in [3.8, 4) is 0 Å². The number of hydrogen-bond acceptors (Lipinski definition) is 2. The molecule has 4 heteroatoms. The van der Waals surface area contributed by atoms with Gasteiger partial charge >= 0.3 is 5.97 Å². The van der Waals surface area contributed by atoms with Gasteiger partial charge in [0.05, 0.1) is 17.9 Å². The van der Waals surface area contributed by atoms with Crippen molar-refractivity contribution in [1.29, 1.82) is 0 Å². The summed E-state index contributed by atoms with van der Waals surface area (Å²) in [5.74, 6) is -0.799. The number of fused-ring (bicyclic) bond motifs is 2. The van der Waals surface area contributed by atoms with Gasteiger partial charge in [-0.05, 0) is 61.5 Å². The number of carboxylic acid groups (broad SMARTS) is 1. The molecule has 0 heterocycles. The van der Waals surface area contributed by atoms with E-state index in [9.17, 15) is 14.7 Å². The van der Waals surface area contributed by atoms with Gasteiger partial charge < -0.3 is 10.4 Å². The molecule has 6 atom stereocenters. The molecule has 0 unspecified atom stereocenters. The second kappa shape index (κ2) is 7.19. The van der Waals surface area contributed by atoms with E-state index in [1.54, 1.807) is 0 Å². The van der Waals surface area contributed by atoms with Crippen LogP contribution >= 0.6 is 0 Å². The zero-order valence-corrected chi connectivity index (χ0v) is 15.4. The van der Waals surface area contributed by atoms with Crippen molar-refractivity contribution in [1.82, 2.24) is 5.32 Å². The third kappa shape index (κ3) is 3.44. The maximum Gasteiger partial charge on any atom is 0.307 e. The summed E-state index contributed by atoms with van der Waals surface area (Å²) in [4.78, 5) is 24.4. The fourth-order valence-electron chi connectivity index (χ4n) is 4.77. The Morgan fingerprint density at radius 3 is 2.20 bits per heavy atom. The van der Waals surface area contributed by atoms with Crippen LogP contribution in [0.2, 0.25) is 0 Å². The number of benzene rings is 1. The van der Waals surface area contributed by atoms with Crippen molar-refractivity contribution in [3.05, 3.63) is 35.4 Å². The molecule has 2 saturated carbocycles. The molecule has 0 saturated heterocycles. The van der Waals surface area contributed by atoms with E-state index in [2.05, 4.69) is 43.4 Å². The summed E-state index contributed by atoms with van der Waals surface area (Å²) in [5, 5.41) is 12.6. The molecule has 136 valence electrons. The minimum Gasteiger partial charge on any atom is -0.481 e. The molecule has 1 amide bonds. The van der Waals surface area contributed by atoms with E-state index in [1.807, 2.05) is 6.92 Å². The number of carbonyl (C=O) groups excluding carboxylic acids is 1. The lowest BCUT2D eigenvalue weighted by Gasteiger charge is -2.28. The van der Waals surface area contributed by atoms with Gasteiger partial charge in [-0.15, -0.1) is 0 Å². The highest BCUT2D eigenvalue weighted by atomic mass is 16.4. The Hall–Kier alpha value is -1.84. The van der Waals surface area contributed by atoms with Crippen molar-refractivity contribution < 1.29 is 14.7 Å². The van der Waals surface area contributed by atoms with Gasteiger partial charge in [-0.3, -0.25) is 9.59 Å². The van der Waals surface area contributed by atoms with E-state index in [1.165, 1.54) is 5.56 Å². The molecule has 1 aromatic carbocycles. The number of carboxylic acids is 1. The minimum absolute atomic E-state index is 0.0851. The average Bonchev–Trinajstić information content (AvgIpc) is 3.22. The van der Waals surface area contributed by atoms with Crippen LogP contribution in [-0.2, 0) is 9.59 Å². The summed E-state index contributed by atoms with van der Waals surface area (Å²) in [6.45, 7) is 6.36. The molecule has 0 radical (unpaired) electrons. The second-order valence-electron chi connectivity index (χ2n) is 7.93. The summed E-state index contributed by atoms with van der Waals surface area (Å²) in [7, 11) is 0. The highest BCUT2D eigenvalue weighted by molar-refractivity contribution is 5.86. The van der Waals surface area contributed by atoms with Gasteiger partial charge in [0.1, 0.15) is 0 Å². The molecule has 1 aromatic rings. The fourth-order valence-corrected chi connectivity index (χ4v) is 4.77. The molecule has 2 aliphatic rings. The van der Waals surface area contributed by atoms with Gasteiger partial charge in [0, 0.05) is 0 Å². The van der Waals surface area contributed by atoms with Gasteiger partial charge in [-0.1, -0.05) is 38.1 Å².